The van der Waals surface area contributed by atoms with Crippen molar-refractivity contribution in [1.82, 2.24) is 19.8 Å². The van der Waals surface area contributed by atoms with E-state index in [9.17, 15) is 4.79 Å². The van der Waals surface area contributed by atoms with Crippen molar-refractivity contribution in [1.29, 1.82) is 0 Å². The van der Waals surface area contributed by atoms with E-state index in [0.29, 0.717) is 11.6 Å². The summed E-state index contributed by atoms with van der Waals surface area (Å²) in [5.74, 6) is 0.905. The van der Waals surface area contributed by atoms with E-state index in [-0.39, 0.29) is 5.91 Å². The zero-order chi connectivity index (χ0) is 18.8. The number of carbonyl (C=O) groups is 1. The van der Waals surface area contributed by atoms with Gasteiger partial charge in [-0.3, -0.25) is 9.69 Å². The lowest BCUT2D eigenvalue weighted by Gasteiger charge is -2.24. The lowest BCUT2D eigenvalue weighted by Crippen LogP contribution is -2.32. The summed E-state index contributed by atoms with van der Waals surface area (Å²) in [5.41, 5.74) is 3.89. The molecule has 0 unspecified atom stereocenters. The largest absolute Gasteiger partial charge is 0.355 e. The van der Waals surface area contributed by atoms with Gasteiger partial charge in [-0.2, -0.15) is 0 Å². The molecule has 27 heavy (non-hydrogen) atoms. The van der Waals surface area contributed by atoms with E-state index in [1.54, 1.807) is 7.05 Å². The highest BCUT2D eigenvalue weighted by Gasteiger charge is 2.25. The summed E-state index contributed by atoms with van der Waals surface area (Å²) in [6.45, 7) is 5.46. The number of hydrogen-bond donors (Lipinski definition) is 1. The molecule has 0 saturated carbocycles. The molecule has 1 amide bonds. The number of imidazole rings is 1. The predicted molar refractivity (Wildman–Crippen MR) is 109 cm³/mol. The summed E-state index contributed by atoms with van der Waals surface area (Å²) in [6.07, 6.45) is 2.50. The van der Waals surface area contributed by atoms with Crippen LogP contribution in [0.5, 0.6) is 0 Å². The van der Waals surface area contributed by atoms with E-state index in [1.165, 1.54) is 24.9 Å². The topological polar surface area (TPSA) is 50.2 Å². The predicted octanol–water partition coefficient (Wildman–Crippen LogP) is 3.55. The van der Waals surface area contributed by atoms with E-state index in [2.05, 4.69) is 39.9 Å². The number of likely N-dealkylation sites (N-methyl/N-ethyl adjacent to an activating group) is 1. The van der Waals surface area contributed by atoms with Gasteiger partial charge in [-0.25, -0.2) is 4.98 Å². The highest BCUT2D eigenvalue weighted by molar-refractivity contribution is 5.94. The molecule has 1 aliphatic heterocycles. The van der Waals surface area contributed by atoms with Crippen molar-refractivity contribution in [2.75, 3.05) is 20.1 Å². The number of fused-ring (bicyclic) bond motifs is 1. The summed E-state index contributed by atoms with van der Waals surface area (Å²) in [6, 6.07) is 16.6. The van der Waals surface area contributed by atoms with Crippen LogP contribution in [0, 0.1) is 0 Å². The number of nitrogens with one attached hydrogen (secondary N) is 1. The molecular formula is C22H26N4O. The zero-order valence-electron chi connectivity index (χ0n) is 16.0. The van der Waals surface area contributed by atoms with Crippen LogP contribution < -0.4 is 5.32 Å². The first-order chi connectivity index (χ1) is 13.2. The summed E-state index contributed by atoms with van der Waals surface area (Å²) in [5, 5.41) is 2.67. The highest BCUT2D eigenvalue weighted by atomic mass is 16.1. The van der Waals surface area contributed by atoms with Gasteiger partial charge in [0.1, 0.15) is 5.82 Å². The molecule has 5 nitrogen and oxygen atoms in total. The molecule has 4 rings (SSSR count). The molecule has 0 bridgehead atoms. The Bertz CT molecular complexity index is 945. The molecule has 1 atom stereocenters. The maximum atomic E-state index is 11.8. The Balaban J connectivity index is 1.75. The van der Waals surface area contributed by atoms with Crippen LogP contribution in [-0.4, -0.2) is 46.5 Å². The van der Waals surface area contributed by atoms with E-state index in [1.807, 2.05) is 30.3 Å². The minimum Gasteiger partial charge on any atom is -0.355 e. The number of amides is 1. The van der Waals surface area contributed by atoms with Crippen LogP contribution in [0.15, 0.2) is 48.5 Å². The van der Waals surface area contributed by atoms with Gasteiger partial charge in [-0.15, -0.1) is 0 Å². The monoisotopic (exact) mass is 362 g/mol. The fourth-order valence-electron chi connectivity index (χ4n) is 4.12. The standard InChI is InChI=1S/C22H26N4O/c1-3-25-14-6-7-18(25)15-26-20-9-5-4-8-19(20)24-21(26)16-10-12-17(13-11-16)22(27)23-2/h4-5,8-13,18H,3,6-7,14-15H2,1-2H3,(H,23,27)/t18-/m1/s1. The highest BCUT2D eigenvalue weighted by Crippen LogP contribution is 2.28. The second-order valence-electron chi connectivity index (χ2n) is 7.12. The number of rotatable bonds is 5. The van der Waals surface area contributed by atoms with Crippen LogP contribution in [0.3, 0.4) is 0 Å². The Kier molecular flexibility index (Phi) is 4.94. The first kappa shape index (κ1) is 17.7. The van der Waals surface area contributed by atoms with Crippen LogP contribution in [0.25, 0.3) is 22.4 Å². The van der Waals surface area contributed by atoms with Gasteiger partial charge in [-0.05, 0) is 50.2 Å². The fourth-order valence-corrected chi connectivity index (χ4v) is 4.12. The molecule has 140 valence electrons. The van der Waals surface area contributed by atoms with Gasteiger partial charge < -0.3 is 9.88 Å². The Labute approximate surface area is 160 Å². The molecule has 3 aromatic rings. The molecule has 5 heteroatoms. The lowest BCUT2D eigenvalue weighted by atomic mass is 10.1. The number of para-hydroxylation sites is 2. The average Bonchev–Trinajstić information content (AvgIpc) is 3.32. The van der Waals surface area contributed by atoms with Crippen LogP contribution in [0.2, 0.25) is 0 Å². The number of hydrogen-bond acceptors (Lipinski definition) is 3. The van der Waals surface area contributed by atoms with Gasteiger partial charge >= 0.3 is 0 Å². The third-order valence-electron chi connectivity index (χ3n) is 5.59. The van der Waals surface area contributed by atoms with Crippen LogP contribution in [-0.2, 0) is 6.54 Å². The van der Waals surface area contributed by atoms with Crippen molar-refractivity contribution < 1.29 is 4.79 Å². The normalized spacial score (nSPS) is 17.5. The molecule has 0 radical (unpaired) electrons. The van der Waals surface area contributed by atoms with E-state index in [0.717, 1.165) is 30.0 Å². The van der Waals surface area contributed by atoms with Crippen molar-refractivity contribution in [3.63, 3.8) is 0 Å². The minimum absolute atomic E-state index is 0.0698. The Morgan fingerprint density at radius 3 is 2.70 bits per heavy atom. The number of carbonyl (C=O) groups excluding carboxylic acids is 1. The maximum Gasteiger partial charge on any atom is 0.251 e. The summed E-state index contributed by atoms with van der Waals surface area (Å²) in [4.78, 5) is 19.3. The molecule has 1 saturated heterocycles. The van der Waals surface area contributed by atoms with E-state index < -0.39 is 0 Å². The van der Waals surface area contributed by atoms with Crippen LogP contribution in [0.1, 0.15) is 30.1 Å². The number of benzene rings is 2. The van der Waals surface area contributed by atoms with Crippen LogP contribution in [0.4, 0.5) is 0 Å². The number of aromatic nitrogens is 2. The summed E-state index contributed by atoms with van der Waals surface area (Å²) >= 11 is 0. The Morgan fingerprint density at radius 2 is 1.96 bits per heavy atom. The third kappa shape index (κ3) is 3.35. The van der Waals surface area contributed by atoms with Gasteiger partial charge in [0.25, 0.3) is 5.91 Å². The second kappa shape index (κ2) is 7.53. The average molecular weight is 362 g/mol. The molecule has 0 spiro atoms. The first-order valence-corrected chi connectivity index (χ1v) is 9.73. The van der Waals surface area contributed by atoms with Gasteiger partial charge in [0.15, 0.2) is 0 Å². The SMILES string of the molecule is CCN1CCC[C@@H]1Cn1c(-c2ccc(C(=O)NC)cc2)nc2ccccc21. The summed E-state index contributed by atoms with van der Waals surface area (Å²) < 4.78 is 2.35. The number of nitrogens with zero attached hydrogens (tertiary/aromatic N) is 3. The first-order valence-electron chi connectivity index (χ1n) is 9.73. The smallest absolute Gasteiger partial charge is 0.251 e. The minimum atomic E-state index is -0.0698. The zero-order valence-corrected chi connectivity index (χ0v) is 16.0. The molecule has 0 aliphatic carbocycles. The van der Waals surface area contributed by atoms with Crippen molar-refractivity contribution in [2.45, 2.75) is 32.4 Å². The molecule has 1 aliphatic rings. The van der Waals surface area contributed by atoms with Gasteiger partial charge in [-0.1, -0.05) is 31.2 Å². The van der Waals surface area contributed by atoms with E-state index >= 15 is 0 Å². The molecule has 2 aromatic carbocycles. The number of likely N-dealkylation sites (tertiary alicyclic amines) is 1. The Morgan fingerprint density at radius 1 is 1.19 bits per heavy atom. The van der Waals surface area contributed by atoms with Crippen molar-refractivity contribution in [3.8, 4) is 11.4 Å². The van der Waals surface area contributed by atoms with Gasteiger partial charge in [0.2, 0.25) is 0 Å². The van der Waals surface area contributed by atoms with E-state index in [4.69, 9.17) is 4.98 Å². The van der Waals surface area contributed by atoms with Crippen molar-refractivity contribution in [3.05, 3.63) is 54.1 Å². The molecule has 1 fully saturated rings. The van der Waals surface area contributed by atoms with Crippen molar-refractivity contribution in [2.24, 2.45) is 0 Å². The van der Waals surface area contributed by atoms with Gasteiger partial charge in [0, 0.05) is 30.8 Å². The molecule has 1 aromatic heterocycles. The van der Waals surface area contributed by atoms with Crippen molar-refractivity contribution >= 4 is 16.9 Å². The summed E-state index contributed by atoms with van der Waals surface area (Å²) in [7, 11) is 1.65. The Hall–Kier alpha value is -2.66. The van der Waals surface area contributed by atoms with Gasteiger partial charge in [0.05, 0.1) is 11.0 Å². The maximum absolute atomic E-state index is 11.8. The fraction of sp³-hybridized carbons (Fsp3) is 0.364. The molecule has 2 heterocycles. The second-order valence-corrected chi connectivity index (χ2v) is 7.12. The van der Waals surface area contributed by atoms with Crippen LogP contribution >= 0.6 is 0 Å². The molecule has 1 N–H and O–H groups in total. The third-order valence-corrected chi connectivity index (χ3v) is 5.59. The lowest BCUT2D eigenvalue weighted by molar-refractivity contribution is 0.0963. The quantitative estimate of drug-likeness (QED) is 0.755. The molecular weight excluding hydrogens is 336 g/mol.